The predicted molar refractivity (Wildman–Crippen MR) is 242 cm³/mol. The van der Waals surface area contributed by atoms with Gasteiger partial charge in [0, 0.05) is 33.4 Å². The van der Waals surface area contributed by atoms with Gasteiger partial charge < -0.3 is 0 Å². The Morgan fingerprint density at radius 3 is 0.667 bits per heavy atom. The lowest BCUT2D eigenvalue weighted by atomic mass is 9.91. The third-order valence-electron chi connectivity index (χ3n) is 10.4. The first kappa shape index (κ1) is 36.1. The van der Waals surface area contributed by atoms with Gasteiger partial charge in [0.15, 0.2) is 34.9 Å². The van der Waals surface area contributed by atoms with Crippen LogP contribution < -0.4 is 0 Å². The molecule has 6 nitrogen and oxygen atoms in total. The van der Waals surface area contributed by atoms with E-state index >= 15 is 0 Å². The number of benzene rings is 8. The van der Waals surface area contributed by atoms with Crippen LogP contribution in [0.15, 0.2) is 218 Å². The third kappa shape index (κ3) is 7.49. The molecule has 0 spiro atoms. The van der Waals surface area contributed by atoms with E-state index in [0.717, 1.165) is 66.8 Å². The highest BCUT2D eigenvalue weighted by Crippen LogP contribution is 2.39. The summed E-state index contributed by atoms with van der Waals surface area (Å²) < 4.78 is 0. The minimum absolute atomic E-state index is 0.585. The van der Waals surface area contributed by atoms with Crippen molar-refractivity contribution in [3.05, 3.63) is 218 Å². The molecule has 0 radical (unpaired) electrons. The van der Waals surface area contributed by atoms with Gasteiger partial charge in [-0.3, -0.25) is 0 Å². The largest absolute Gasteiger partial charge is 0.208 e. The van der Waals surface area contributed by atoms with E-state index in [1.807, 2.05) is 133 Å². The van der Waals surface area contributed by atoms with Gasteiger partial charge in [-0.15, -0.1) is 0 Å². The molecule has 0 aliphatic rings. The van der Waals surface area contributed by atoms with E-state index in [1.54, 1.807) is 0 Å². The number of hydrogen-bond donors (Lipinski definition) is 0. The molecule has 282 valence electrons. The van der Waals surface area contributed by atoms with Crippen molar-refractivity contribution in [1.29, 1.82) is 0 Å². The maximum absolute atomic E-state index is 5.17. The fourth-order valence-corrected chi connectivity index (χ4v) is 7.41. The van der Waals surface area contributed by atoms with Gasteiger partial charge in [-0.1, -0.05) is 206 Å². The summed E-state index contributed by atoms with van der Waals surface area (Å²) in [5.74, 6) is 3.60. The van der Waals surface area contributed by atoms with Crippen molar-refractivity contribution in [2.75, 3.05) is 0 Å². The lowest BCUT2D eigenvalue weighted by Gasteiger charge is -2.16. The lowest BCUT2D eigenvalue weighted by Crippen LogP contribution is -2.02. The Morgan fingerprint density at radius 1 is 0.167 bits per heavy atom. The molecular weight excluding hydrogens is 733 g/mol. The molecular formula is C54H36N6. The number of aromatic nitrogens is 6. The Bertz CT molecular complexity index is 2730. The van der Waals surface area contributed by atoms with Crippen LogP contribution in [0.4, 0.5) is 0 Å². The van der Waals surface area contributed by atoms with Gasteiger partial charge in [-0.25, -0.2) is 29.9 Å². The molecule has 0 unspecified atom stereocenters. The van der Waals surface area contributed by atoms with Crippen LogP contribution in [0, 0.1) is 0 Å². The minimum Gasteiger partial charge on any atom is -0.208 e. The highest BCUT2D eigenvalue weighted by molar-refractivity contribution is 5.89. The summed E-state index contributed by atoms with van der Waals surface area (Å²) in [5, 5.41) is 0. The van der Waals surface area contributed by atoms with Crippen molar-refractivity contribution >= 4 is 0 Å². The monoisotopic (exact) mass is 768 g/mol. The fourth-order valence-electron chi connectivity index (χ4n) is 7.41. The smallest absolute Gasteiger partial charge is 0.164 e. The maximum Gasteiger partial charge on any atom is 0.164 e. The molecule has 0 bridgehead atoms. The minimum atomic E-state index is 0.585. The van der Waals surface area contributed by atoms with Crippen molar-refractivity contribution in [2.45, 2.75) is 0 Å². The summed E-state index contributed by atoms with van der Waals surface area (Å²) in [5.41, 5.74) is 11.6. The third-order valence-corrected chi connectivity index (χ3v) is 10.4. The molecule has 8 aromatic carbocycles. The van der Waals surface area contributed by atoms with Gasteiger partial charge in [-0.2, -0.15) is 0 Å². The zero-order chi connectivity index (χ0) is 40.1. The average molecular weight is 769 g/mol. The molecule has 0 aliphatic heterocycles. The quantitative estimate of drug-likeness (QED) is 0.145. The van der Waals surface area contributed by atoms with Crippen LogP contribution in [-0.4, -0.2) is 29.9 Å². The van der Waals surface area contributed by atoms with Crippen LogP contribution in [-0.2, 0) is 0 Å². The van der Waals surface area contributed by atoms with E-state index in [4.69, 9.17) is 29.9 Å². The van der Waals surface area contributed by atoms with E-state index < -0.39 is 0 Å². The second kappa shape index (κ2) is 16.3. The standard InChI is InChI=1S/C54H36N6/c1-7-19-37(20-8-1)45-33-31-43(35-47(45)53-57-49(39-23-11-3-12-24-39)55-50(58-53)40-25-13-4-14-26-40)44-32-34-46(38-21-9-2-10-22-38)48(36-44)54-59-51(41-27-15-5-16-28-41)56-52(60-54)42-29-17-6-18-30-42/h1-36H. The summed E-state index contributed by atoms with van der Waals surface area (Å²) >= 11 is 0. The molecule has 0 saturated carbocycles. The topological polar surface area (TPSA) is 77.3 Å². The molecule has 2 aromatic heterocycles. The van der Waals surface area contributed by atoms with Gasteiger partial charge in [-0.05, 0) is 45.5 Å². The van der Waals surface area contributed by atoms with Crippen molar-refractivity contribution in [2.24, 2.45) is 0 Å². The number of rotatable bonds is 9. The van der Waals surface area contributed by atoms with Crippen molar-refractivity contribution in [3.8, 4) is 102 Å². The molecule has 2 heterocycles. The second-order valence-electron chi connectivity index (χ2n) is 14.3. The molecule has 0 fully saturated rings. The van der Waals surface area contributed by atoms with E-state index in [1.165, 1.54) is 0 Å². The van der Waals surface area contributed by atoms with Crippen LogP contribution in [0.25, 0.3) is 102 Å². The van der Waals surface area contributed by atoms with Gasteiger partial charge in [0.2, 0.25) is 0 Å². The number of hydrogen-bond acceptors (Lipinski definition) is 6. The molecule has 60 heavy (non-hydrogen) atoms. The van der Waals surface area contributed by atoms with Crippen molar-refractivity contribution in [3.63, 3.8) is 0 Å². The molecule has 0 saturated heterocycles. The fraction of sp³-hybridized carbons (Fsp3) is 0. The highest BCUT2D eigenvalue weighted by atomic mass is 15.0. The van der Waals surface area contributed by atoms with Crippen LogP contribution in [0.3, 0.4) is 0 Å². The van der Waals surface area contributed by atoms with E-state index in [-0.39, 0.29) is 0 Å². The van der Waals surface area contributed by atoms with Crippen molar-refractivity contribution in [1.82, 2.24) is 29.9 Å². The molecule has 10 rings (SSSR count). The van der Waals surface area contributed by atoms with E-state index in [9.17, 15) is 0 Å². The van der Waals surface area contributed by atoms with Gasteiger partial charge in [0.25, 0.3) is 0 Å². The van der Waals surface area contributed by atoms with E-state index in [0.29, 0.717) is 34.9 Å². The van der Waals surface area contributed by atoms with Crippen LogP contribution >= 0.6 is 0 Å². The molecule has 0 atom stereocenters. The van der Waals surface area contributed by atoms with Crippen LogP contribution in [0.5, 0.6) is 0 Å². The summed E-state index contributed by atoms with van der Waals surface area (Å²) in [6.45, 7) is 0. The average Bonchev–Trinajstić information content (AvgIpc) is 3.35. The Balaban J connectivity index is 1.19. The maximum atomic E-state index is 5.17. The Labute approximate surface area is 348 Å². The van der Waals surface area contributed by atoms with Crippen molar-refractivity contribution < 1.29 is 0 Å². The molecule has 10 aromatic rings. The molecule has 6 heteroatoms. The molecule has 0 N–H and O–H groups in total. The first-order chi connectivity index (χ1) is 29.7. The Morgan fingerprint density at radius 2 is 0.400 bits per heavy atom. The zero-order valence-electron chi connectivity index (χ0n) is 32.5. The summed E-state index contributed by atoms with van der Waals surface area (Å²) in [7, 11) is 0. The lowest BCUT2D eigenvalue weighted by molar-refractivity contribution is 1.07. The normalized spacial score (nSPS) is 11.0. The first-order valence-corrected chi connectivity index (χ1v) is 19.9. The molecule has 0 amide bonds. The van der Waals surface area contributed by atoms with Gasteiger partial charge in [0.05, 0.1) is 0 Å². The van der Waals surface area contributed by atoms with Crippen LogP contribution in [0.1, 0.15) is 0 Å². The number of nitrogens with zero attached hydrogens (tertiary/aromatic N) is 6. The predicted octanol–water partition coefficient (Wildman–Crippen LogP) is 13.1. The van der Waals surface area contributed by atoms with Gasteiger partial charge >= 0.3 is 0 Å². The summed E-state index contributed by atoms with van der Waals surface area (Å²) in [6, 6.07) is 74.2. The zero-order valence-corrected chi connectivity index (χ0v) is 32.5. The Kier molecular flexibility index (Phi) is 9.84. The summed E-state index contributed by atoms with van der Waals surface area (Å²) in [4.78, 5) is 30.6. The first-order valence-electron chi connectivity index (χ1n) is 19.9. The summed E-state index contributed by atoms with van der Waals surface area (Å²) in [6.07, 6.45) is 0. The second-order valence-corrected chi connectivity index (χ2v) is 14.3. The van der Waals surface area contributed by atoms with Gasteiger partial charge in [0.1, 0.15) is 0 Å². The molecule has 0 aliphatic carbocycles. The van der Waals surface area contributed by atoms with E-state index in [2.05, 4.69) is 84.9 Å². The Hall–Kier alpha value is -8.22. The SMILES string of the molecule is c1ccc(-c2nc(-c3ccccc3)nc(-c3cc(-c4ccc(-c5ccccc5)c(-c5nc(-c6ccccc6)nc(-c6ccccc6)n5)c4)ccc3-c3ccccc3)n2)cc1. The highest BCUT2D eigenvalue weighted by Gasteiger charge is 2.20. The van der Waals surface area contributed by atoms with Crippen LogP contribution in [0.2, 0.25) is 0 Å².